The van der Waals surface area contributed by atoms with Gasteiger partial charge in [-0.3, -0.25) is 11.3 Å². The minimum Gasteiger partial charge on any atom is -0.271 e. The van der Waals surface area contributed by atoms with Gasteiger partial charge < -0.3 is 0 Å². The molecule has 0 radical (unpaired) electrons. The first-order chi connectivity index (χ1) is 9.51. The predicted molar refractivity (Wildman–Crippen MR) is 89.7 cm³/mol. The molecule has 0 fully saturated rings. The van der Waals surface area contributed by atoms with Crippen molar-refractivity contribution in [3.05, 3.63) is 66.8 Å². The van der Waals surface area contributed by atoms with Crippen LogP contribution in [-0.4, -0.2) is 0 Å². The Kier molecular flexibility index (Phi) is 5.74. The maximum Gasteiger partial charge on any atom is 0.124 e. The molecule has 0 saturated carbocycles. The average Bonchev–Trinajstić information content (AvgIpc) is 2.39. The number of nitrogens with one attached hydrogen (secondary N) is 1. The minimum atomic E-state index is -0.261. The summed E-state index contributed by atoms with van der Waals surface area (Å²) in [6.45, 7) is 0. The van der Waals surface area contributed by atoms with Gasteiger partial charge in [0.1, 0.15) is 5.82 Å². The van der Waals surface area contributed by atoms with Gasteiger partial charge in [0.15, 0.2) is 0 Å². The van der Waals surface area contributed by atoms with Gasteiger partial charge in [0.25, 0.3) is 0 Å². The molecule has 2 aromatic carbocycles. The number of hydrazine groups is 1. The van der Waals surface area contributed by atoms with Crippen LogP contribution in [0.3, 0.4) is 0 Å². The second-order valence-corrected chi connectivity index (χ2v) is 6.95. The van der Waals surface area contributed by atoms with E-state index in [9.17, 15) is 4.39 Å². The van der Waals surface area contributed by atoms with Crippen LogP contribution in [0.4, 0.5) is 4.39 Å². The second-order valence-electron chi connectivity index (χ2n) is 4.32. The summed E-state index contributed by atoms with van der Waals surface area (Å²) in [5.74, 6) is 5.41. The summed E-state index contributed by atoms with van der Waals surface area (Å²) in [4.78, 5) is 0. The topological polar surface area (TPSA) is 38.0 Å². The molecule has 0 spiro atoms. The third-order valence-corrected chi connectivity index (χ3v) is 4.90. The highest BCUT2D eigenvalue weighted by atomic mass is 79.9. The largest absolute Gasteiger partial charge is 0.271 e. The Balaban J connectivity index is 2.28. The van der Waals surface area contributed by atoms with Gasteiger partial charge in [0, 0.05) is 13.4 Å². The molecule has 0 amide bonds. The Bertz CT molecular complexity index is 619. The first-order valence-corrected chi connectivity index (χ1v) is 8.24. The van der Waals surface area contributed by atoms with Crippen LogP contribution in [0.15, 0.2) is 49.8 Å². The fourth-order valence-electron chi connectivity index (χ4n) is 1.95. The van der Waals surface area contributed by atoms with Crippen molar-refractivity contribution in [1.29, 1.82) is 0 Å². The van der Waals surface area contributed by atoms with Crippen molar-refractivity contribution in [2.24, 2.45) is 5.84 Å². The molecule has 0 aliphatic heterocycles. The summed E-state index contributed by atoms with van der Waals surface area (Å²) in [6.07, 6.45) is 0.650. The Morgan fingerprint density at radius 3 is 2.40 bits per heavy atom. The molecule has 0 aromatic heterocycles. The SMILES string of the molecule is NNC(Cc1ccc(F)cc1Br)c1ccc(Br)cc1Br. The van der Waals surface area contributed by atoms with E-state index in [1.54, 1.807) is 6.07 Å². The lowest BCUT2D eigenvalue weighted by atomic mass is 9.99. The van der Waals surface area contributed by atoms with E-state index in [4.69, 9.17) is 5.84 Å². The zero-order valence-corrected chi connectivity index (χ0v) is 15.1. The number of hydrogen-bond acceptors (Lipinski definition) is 2. The highest BCUT2D eigenvalue weighted by Crippen LogP contribution is 2.30. The van der Waals surface area contributed by atoms with Crippen molar-refractivity contribution in [3.63, 3.8) is 0 Å². The van der Waals surface area contributed by atoms with Crippen molar-refractivity contribution < 1.29 is 4.39 Å². The smallest absolute Gasteiger partial charge is 0.124 e. The summed E-state index contributed by atoms with van der Waals surface area (Å²) < 4.78 is 15.8. The molecule has 2 rings (SSSR count). The maximum absolute atomic E-state index is 13.1. The van der Waals surface area contributed by atoms with Gasteiger partial charge in [0.2, 0.25) is 0 Å². The van der Waals surface area contributed by atoms with E-state index in [0.29, 0.717) is 6.42 Å². The lowest BCUT2D eigenvalue weighted by molar-refractivity contribution is 0.548. The highest BCUT2D eigenvalue weighted by Gasteiger charge is 2.15. The molecule has 0 bridgehead atoms. The molecular weight excluding hydrogens is 455 g/mol. The molecule has 3 N–H and O–H groups in total. The van der Waals surface area contributed by atoms with Crippen LogP contribution in [0.1, 0.15) is 17.2 Å². The monoisotopic (exact) mass is 464 g/mol. The van der Waals surface area contributed by atoms with Gasteiger partial charge in [-0.2, -0.15) is 0 Å². The standard InChI is InChI=1S/C14H12Br3FN2/c15-9-2-4-11(13(17)6-9)14(20-19)5-8-1-3-10(18)7-12(8)16/h1-4,6-7,14,20H,5,19H2. The van der Waals surface area contributed by atoms with E-state index in [1.165, 1.54) is 12.1 Å². The van der Waals surface area contributed by atoms with Crippen LogP contribution in [-0.2, 0) is 6.42 Å². The van der Waals surface area contributed by atoms with Gasteiger partial charge in [-0.15, -0.1) is 0 Å². The van der Waals surface area contributed by atoms with E-state index in [0.717, 1.165) is 24.5 Å². The van der Waals surface area contributed by atoms with Crippen LogP contribution in [0.5, 0.6) is 0 Å². The lowest BCUT2D eigenvalue weighted by Gasteiger charge is -2.19. The van der Waals surface area contributed by atoms with E-state index >= 15 is 0 Å². The molecule has 6 heteroatoms. The summed E-state index contributed by atoms with van der Waals surface area (Å²) in [5, 5.41) is 0. The van der Waals surface area contributed by atoms with Gasteiger partial charge in [-0.1, -0.05) is 59.9 Å². The van der Waals surface area contributed by atoms with Gasteiger partial charge in [-0.05, 0) is 41.8 Å². The first-order valence-electron chi connectivity index (χ1n) is 5.86. The normalized spacial score (nSPS) is 12.4. The maximum atomic E-state index is 13.1. The third-order valence-electron chi connectivity index (χ3n) is 2.98. The van der Waals surface area contributed by atoms with Crippen LogP contribution < -0.4 is 11.3 Å². The Labute approximate surface area is 142 Å². The molecular formula is C14H12Br3FN2. The van der Waals surface area contributed by atoms with Crippen LogP contribution in [0.25, 0.3) is 0 Å². The number of halogens is 4. The van der Waals surface area contributed by atoms with Crippen LogP contribution >= 0.6 is 47.8 Å². The average molecular weight is 467 g/mol. The van der Waals surface area contributed by atoms with Gasteiger partial charge >= 0.3 is 0 Å². The third kappa shape index (κ3) is 3.89. The van der Waals surface area contributed by atoms with Gasteiger partial charge in [-0.25, -0.2) is 4.39 Å². The summed E-state index contributed by atoms with van der Waals surface area (Å²) in [7, 11) is 0. The van der Waals surface area contributed by atoms with E-state index in [2.05, 4.69) is 53.2 Å². The number of benzene rings is 2. The Morgan fingerprint density at radius 2 is 1.80 bits per heavy atom. The lowest BCUT2D eigenvalue weighted by Crippen LogP contribution is -2.30. The van der Waals surface area contributed by atoms with E-state index in [1.807, 2.05) is 18.2 Å². The van der Waals surface area contributed by atoms with Gasteiger partial charge in [0.05, 0.1) is 6.04 Å². The molecule has 1 unspecified atom stereocenters. The van der Waals surface area contributed by atoms with Crippen LogP contribution in [0.2, 0.25) is 0 Å². The molecule has 0 saturated heterocycles. The minimum absolute atomic E-state index is 0.0702. The molecule has 20 heavy (non-hydrogen) atoms. The molecule has 1 atom stereocenters. The number of hydrogen-bond donors (Lipinski definition) is 2. The van der Waals surface area contributed by atoms with Crippen molar-refractivity contribution in [3.8, 4) is 0 Å². The molecule has 2 aromatic rings. The van der Waals surface area contributed by atoms with Crippen molar-refractivity contribution >= 4 is 47.8 Å². The molecule has 0 aliphatic rings. The fourth-order valence-corrected chi connectivity index (χ4v) is 3.79. The van der Waals surface area contributed by atoms with Crippen molar-refractivity contribution in [2.75, 3.05) is 0 Å². The van der Waals surface area contributed by atoms with Crippen LogP contribution in [0, 0.1) is 5.82 Å². The van der Waals surface area contributed by atoms with Crippen molar-refractivity contribution in [2.45, 2.75) is 12.5 Å². The van der Waals surface area contributed by atoms with Crippen molar-refractivity contribution in [1.82, 2.24) is 5.43 Å². The fraction of sp³-hybridized carbons (Fsp3) is 0.143. The number of rotatable bonds is 4. The summed E-state index contributed by atoms with van der Waals surface area (Å²) in [5.41, 5.74) is 4.85. The first kappa shape index (κ1) is 16.1. The molecule has 106 valence electrons. The molecule has 0 heterocycles. The molecule has 0 aliphatic carbocycles. The second kappa shape index (κ2) is 7.13. The Hall–Kier alpha value is -0.270. The molecule has 2 nitrogen and oxygen atoms in total. The predicted octanol–water partition coefficient (Wildman–Crippen LogP) is 4.86. The quantitative estimate of drug-likeness (QED) is 0.499. The zero-order chi connectivity index (χ0) is 14.7. The van der Waals surface area contributed by atoms with E-state index < -0.39 is 0 Å². The summed E-state index contributed by atoms with van der Waals surface area (Å²) >= 11 is 10.3. The van der Waals surface area contributed by atoms with E-state index in [-0.39, 0.29) is 11.9 Å². The zero-order valence-electron chi connectivity index (χ0n) is 10.3. The summed E-state index contributed by atoms with van der Waals surface area (Å²) in [6, 6.07) is 10.5. The highest BCUT2D eigenvalue weighted by molar-refractivity contribution is 9.11. The Morgan fingerprint density at radius 1 is 1.05 bits per heavy atom. The number of nitrogens with two attached hydrogens (primary N) is 1.